The fraction of sp³-hybridized carbons (Fsp3) is 0.143. The first-order valence-corrected chi connectivity index (χ1v) is 3.55. The van der Waals surface area contributed by atoms with Crippen LogP contribution in [0.25, 0.3) is 0 Å². The Balaban J connectivity index is 3.45. The van der Waals surface area contributed by atoms with Gasteiger partial charge in [0.2, 0.25) is 5.82 Å². The van der Waals surface area contributed by atoms with E-state index in [2.05, 4.69) is 4.98 Å². The average molecular weight is 220 g/mol. The Bertz CT molecular complexity index is 422. The van der Waals surface area contributed by atoms with Crippen molar-refractivity contribution in [3.05, 3.63) is 33.3 Å². The summed E-state index contributed by atoms with van der Waals surface area (Å²) in [6.07, 6.45) is -2.91. The molecule has 0 saturated carbocycles. The lowest BCUT2D eigenvalue weighted by Crippen LogP contribution is -2.04. The molecule has 0 aliphatic rings. The zero-order valence-corrected chi connectivity index (χ0v) is 6.99. The average Bonchev–Trinajstić information content (AvgIpc) is 2.16. The molecule has 0 aliphatic heterocycles. The summed E-state index contributed by atoms with van der Waals surface area (Å²) >= 11 is 0. The van der Waals surface area contributed by atoms with Crippen molar-refractivity contribution in [3.63, 3.8) is 0 Å². The molecule has 15 heavy (non-hydrogen) atoms. The molecule has 0 N–H and O–H groups in total. The van der Waals surface area contributed by atoms with Gasteiger partial charge in [-0.3, -0.25) is 4.79 Å². The van der Waals surface area contributed by atoms with E-state index in [-0.39, 0.29) is 6.29 Å². The molecule has 0 radical (unpaired) electrons. The minimum absolute atomic E-state index is 0.203. The predicted octanol–water partition coefficient (Wildman–Crippen LogP) is 1.88. The van der Waals surface area contributed by atoms with E-state index in [4.69, 9.17) is 0 Å². The third kappa shape index (κ3) is 1.92. The second-order valence-corrected chi connectivity index (χ2v) is 2.44. The molecule has 1 heterocycles. The molecule has 0 saturated heterocycles. The van der Waals surface area contributed by atoms with Gasteiger partial charge in [-0.25, -0.2) is 8.78 Å². The van der Waals surface area contributed by atoms with Crippen LogP contribution in [0.4, 0.5) is 19.0 Å². The minimum atomic E-state index is -3.12. The number of aldehydes is 1. The number of carbonyl (C=O) groups excluding carboxylic acids is 1. The first-order chi connectivity index (χ1) is 6.99. The van der Waals surface area contributed by atoms with Crippen LogP contribution in [-0.4, -0.2) is 16.2 Å². The van der Waals surface area contributed by atoms with E-state index < -0.39 is 34.1 Å². The predicted molar refractivity (Wildman–Crippen MR) is 41.2 cm³/mol. The number of carbonyl (C=O) groups is 1. The van der Waals surface area contributed by atoms with Crippen LogP contribution in [-0.2, 0) is 0 Å². The maximum atomic E-state index is 13.1. The summed E-state index contributed by atoms with van der Waals surface area (Å²) in [6, 6.07) is 0. The highest BCUT2D eigenvalue weighted by Gasteiger charge is 2.26. The Morgan fingerprint density at radius 3 is 2.53 bits per heavy atom. The number of hydrogen-bond donors (Lipinski definition) is 0. The molecule has 0 fully saturated rings. The monoisotopic (exact) mass is 220 g/mol. The molecule has 8 heteroatoms. The molecular formula is C7H3F3N2O3. The fourth-order valence-electron chi connectivity index (χ4n) is 0.925. The van der Waals surface area contributed by atoms with Crippen molar-refractivity contribution in [2.24, 2.45) is 0 Å². The van der Waals surface area contributed by atoms with Crippen LogP contribution in [0, 0.1) is 15.9 Å². The van der Waals surface area contributed by atoms with Gasteiger partial charge in [0.1, 0.15) is 6.20 Å². The summed E-state index contributed by atoms with van der Waals surface area (Å²) in [7, 11) is 0. The molecule has 0 unspecified atom stereocenters. The second kappa shape index (κ2) is 4.03. The van der Waals surface area contributed by atoms with Gasteiger partial charge >= 0.3 is 5.82 Å². The lowest BCUT2D eigenvalue weighted by atomic mass is 10.1. The summed E-state index contributed by atoms with van der Waals surface area (Å²) < 4.78 is 37.5. The number of hydrogen-bond acceptors (Lipinski definition) is 4. The van der Waals surface area contributed by atoms with E-state index in [9.17, 15) is 28.1 Å². The smallest absolute Gasteiger partial charge is 0.358 e. The topological polar surface area (TPSA) is 73.1 Å². The van der Waals surface area contributed by atoms with Gasteiger partial charge in [-0.05, 0) is 9.91 Å². The molecule has 1 rings (SSSR count). The van der Waals surface area contributed by atoms with E-state index in [0.717, 1.165) is 0 Å². The summed E-state index contributed by atoms with van der Waals surface area (Å²) in [5, 5.41) is 10.2. The zero-order chi connectivity index (χ0) is 11.6. The van der Waals surface area contributed by atoms with Crippen molar-refractivity contribution >= 4 is 12.1 Å². The molecule has 0 aliphatic carbocycles. The number of nitro groups is 1. The van der Waals surface area contributed by atoms with Gasteiger partial charge in [-0.1, -0.05) is 0 Å². The first-order valence-electron chi connectivity index (χ1n) is 3.55. The van der Waals surface area contributed by atoms with Gasteiger partial charge in [0.15, 0.2) is 6.29 Å². The van der Waals surface area contributed by atoms with Crippen molar-refractivity contribution in [2.45, 2.75) is 6.43 Å². The Morgan fingerprint density at radius 1 is 1.53 bits per heavy atom. The zero-order valence-electron chi connectivity index (χ0n) is 6.99. The second-order valence-electron chi connectivity index (χ2n) is 2.44. The number of halogens is 3. The quantitative estimate of drug-likeness (QED) is 0.442. The van der Waals surface area contributed by atoms with Gasteiger partial charge < -0.3 is 10.1 Å². The summed E-state index contributed by atoms with van der Waals surface area (Å²) in [4.78, 5) is 22.2. The lowest BCUT2D eigenvalue weighted by Gasteiger charge is -2.02. The van der Waals surface area contributed by atoms with E-state index in [1.165, 1.54) is 0 Å². The van der Waals surface area contributed by atoms with Crippen LogP contribution in [0.3, 0.4) is 0 Å². The number of nitrogens with zero attached hydrogens (tertiary/aromatic N) is 2. The van der Waals surface area contributed by atoms with Gasteiger partial charge in [-0.2, -0.15) is 4.39 Å². The largest absolute Gasteiger partial charge is 0.400 e. The normalized spacial score (nSPS) is 10.4. The third-order valence-electron chi connectivity index (χ3n) is 1.60. The standard InChI is InChI=1S/C7H3F3N2O3/c8-5-4(2-13)3(6(9)10)1-11-7(5)12(14)15/h1-2,6H. The van der Waals surface area contributed by atoms with E-state index >= 15 is 0 Å². The van der Waals surface area contributed by atoms with Crippen molar-refractivity contribution in [3.8, 4) is 0 Å². The van der Waals surface area contributed by atoms with Crippen molar-refractivity contribution in [1.29, 1.82) is 0 Å². The Kier molecular flexibility index (Phi) is 2.98. The van der Waals surface area contributed by atoms with Crippen molar-refractivity contribution in [2.75, 3.05) is 0 Å². The van der Waals surface area contributed by atoms with Crippen molar-refractivity contribution in [1.82, 2.24) is 4.98 Å². The molecule has 80 valence electrons. The van der Waals surface area contributed by atoms with Crippen LogP contribution in [0.5, 0.6) is 0 Å². The van der Waals surface area contributed by atoms with Gasteiger partial charge in [0, 0.05) is 0 Å². The summed E-state index contributed by atoms with van der Waals surface area (Å²) in [5.41, 5.74) is -2.00. The van der Waals surface area contributed by atoms with Crippen LogP contribution >= 0.6 is 0 Å². The SMILES string of the molecule is O=Cc1c(C(F)F)cnc([N+](=O)[O-])c1F. The van der Waals surface area contributed by atoms with Crippen LogP contribution < -0.4 is 0 Å². The van der Waals surface area contributed by atoms with Crippen LogP contribution in [0.2, 0.25) is 0 Å². The molecular weight excluding hydrogens is 217 g/mol. The molecule has 1 aromatic heterocycles. The highest BCUT2D eigenvalue weighted by Crippen LogP contribution is 2.26. The maximum absolute atomic E-state index is 13.1. The van der Waals surface area contributed by atoms with Gasteiger partial charge in [-0.15, -0.1) is 0 Å². The minimum Gasteiger partial charge on any atom is -0.358 e. The molecule has 0 atom stereocenters. The van der Waals surface area contributed by atoms with E-state index in [0.29, 0.717) is 6.20 Å². The van der Waals surface area contributed by atoms with Crippen LogP contribution in [0.15, 0.2) is 6.20 Å². The Hall–Kier alpha value is -1.99. The van der Waals surface area contributed by atoms with E-state index in [1.54, 1.807) is 0 Å². The summed E-state index contributed by atoms with van der Waals surface area (Å²) in [6.45, 7) is 0. The van der Waals surface area contributed by atoms with Gasteiger partial charge in [0.25, 0.3) is 6.43 Å². The number of alkyl halides is 2. The third-order valence-corrected chi connectivity index (χ3v) is 1.60. The highest BCUT2D eigenvalue weighted by atomic mass is 19.3. The number of pyridine rings is 1. The van der Waals surface area contributed by atoms with Gasteiger partial charge in [0.05, 0.1) is 11.1 Å². The molecule has 0 spiro atoms. The highest BCUT2D eigenvalue weighted by molar-refractivity contribution is 5.78. The Morgan fingerprint density at radius 2 is 2.13 bits per heavy atom. The molecule has 0 bridgehead atoms. The fourth-order valence-corrected chi connectivity index (χ4v) is 0.925. The van der Waals surface area contributed by atoms with Crippen LogP contribution in [0.1, 0.15) is 22.3 Å². The number of aromatic nitrogens is 1. The molecule has 0 amide bonds. The maximum Gasteiger partial charge on any atom is 0.400 e. The Labute approximate surface area is 80.7 Å². The first kappa shape index (κ1) is 11.1. The molecule has 5 nitrogen and oxygen atoms in total. The molecule has 0 aromatic carbocycles. The van der Waals surface area contributed by atoms with E-state index in [1.807, 2.05) is 0 Å². The summed E-state index contributed by atoms with van der Waals surface area (Å²) in [5.74, 6) is -2.89. The lowest BCUT2D eigenvalue weighted by molar-refractivity contribution is -0.392. The number of rotatable bonds is 3. The molecule has 1 aromatic rings. The van der Waals surface area contributed by atoms with Crippen molar-refractivity contribution < 1.29 is 22.9 Å².